The monoisotopic (exact) mass is 350 g/mol. The summed E-state index contributed by atoms with van der Waals surface area (Å²) >= 11 is 0. The molecule has 0 spiro atoms. The van der Waals surface area contributed by atoms with Crippen molar-refractivity contribution in [3.8, 4) is 11.3 Å². The number of hydrogen-bond donors (Lipinski definition) is 1. The fourth-order valence-electron chi connectivity index (χ4n) is 3.01. The van der Waals surface area contributed by atoms with Gasteiger partial charge in [0.15, 0.2) is 5.69 Å². The number of carbonyl (C=O) groups excluding carboxylic acids is 1. The lowest BCUT2D eigenvalue weighted by atomic mass is 10.0. The number of nitrogens with zero attached hydrogens (tertiary/aromatic N) is 2. The van der Waals surface area contributed by atoms with Crippen LogP contribution in [0.4, 0.5) is 0 Å². The summed E-state index contributed by atoms with van der Waals surface area (Å²) < 4.78 is 7.03. The topological polar surface area (TPSA) is 64.3 Å². The van der Waals surface area contributed by atoms with Gasteiger partial charge in [0.05, 0.1) is 31.3 Å². The van der Waals surface area contributed by atoms with E-state index in [4.69, 9.17) is 4.74 Å². The molecule has 3 aromatic rings. The molecule has 0 aliphatic rings. The fraction of sp³-hybridized carbons (Fsp3) is 0.238. The molecule has 5 heteroatoms. The fourth-order valence-corrected chi connectivity index (χ4v) is 3.01. The maximum Gasteiger partial charge on any atom is 0.359 e. The first kappa shape index (κ1) is 17.9. The smallest absolute Gasteiger partial charge is 0.359 e. The Balaban J connectivity index is 2.04. The van der Waals surface area contributed by atoms with E-state index in [9.17, 15) is 9.90 Å². The van der Waals surface area contributed by atoms with Crippen LogP contribution in [0.2, 0.25) is 0 Å². The van der Waals surface area contributed by atoms with E-state index in [0.29, 0.717) is 12.1 Å². The zero-order chi connectivity index (χ0) is 18.4. The summed E-state index contributed by atoms with van der Waals surface area (Å²) in [6.07, 6.45) is 2.24. The van der Waals surface area contributed by atoms with Gasteiger partial charge in [0.2, 0.25) is 0 Å². The Hall–Kier alpha value is -2.92. The number of benzene rings is 2. The molecule has 0 radical (unpaired) electrons. The lowest BCUT2D eigenvalue weighted by Gasteiger charge is -2.19. The summed E-state index contributed by atoms with van der Waals surface area (Å²) in [5, 5.41) is 10.00. The van der Waals surface area contributed by atoms with E-state index in [1.54, 1.807) is 13.3 Å². The summed E-state index contributed by atoms with van der Waals surface area (Å²) in [5.74, 6) is -0.457. The molecule has 1 aromatic heterocycles. The molecule has 0 unspecified atom stereocenters. The van der Waals surface area contributed by atoms with Crippen molar-refractivity contribution in [2.75, 3.05) is 13.2 Å². The molecule has 2 aromatic carbocycles. The average molecular weight is 350 g/mol. The number of carbonyl (C=O) groups is 1. The van der Waals surface area contributed by atoms with Crippen molar-refractivity contribution in [1.29, 1.82) is 0 Å². The van der Waals surface area contributed by atoms with Gasteiger partial charge < -0.3 is 14.4 Å². The summed E-state index contributed by atoms with van der Waals surface area (Å²) in [6.45, 7) is 1.99. The maximum atomic E-state index is 12.4. The van der Waals surface area contributed by atoms with Crippen LogP contribution in [0, 0.1) is 0 Å². The molecule has 1 atom stereocenters. The Bertz CT molecular complexity index is 844. The summed E-state index contributed by atoms with van der Waals surface area (Å²) in [7, 11) is 0. The summed E-state index contributed by atoms with van der Waals surface area (Å²) in [5.41, 5.74) is 2.90. The van der Waals surface area contributed by atoms with Crippen molar-refractivity contribution in [2.45, 2.75) is 19.4 Å². The van der Waals surface area contributed by atoms with Crippen LogP contribution >= 0.6 is 0 Å². The second-order valence-electron chi connectivity index (χ2n) is 5.96. The third-order valence-electron chi connectivity index (χ3n) is 4.23. The lowest BCUT2D eigenvalue weighted by molar-refractivity contribution is 0.0521. The molecule has 0 aliphatic heterocycles. The van der Waals surface area contributed by atoms with Crippen molar-refractivity contribution in [3.05, 3.63) is 78.2 Å². The van der Waals surface area contributed by atoms with Gasteiger partial charge >= 0.3 is 5.97 Å². The first-order valence-electron chi connectivity index (χ1n) is 8.68. The minimum absolute atomic E-state index is 0.0621. The molecule has 5 nitrogen and oxygen atoms in total. The van der Waals surface area contributed by atoms with E-state index < -0.39 is 5.97 Å². The first-order valence-corrected chi connectivity index (χ1v) is 8.68. The molecule has 0 saturated heterocycles. The van der Waals surface area contributed by atoms with Gasteiger partial charge in [-0.3, -0.25) is 0 Å². The Labute approximate surface area is 152 Å². The molecule has 3 rings (SSSR count). The number of rotatable bonds is 7. The predicted molar refractivity (Wildman–Crippen MR) is 99.9 cm³/mol. The van der Waals surface area contributed by atoms with Crippen LogP contribution in [0.1, 0.15) is 29.0 Å². The van der Waals surface area contributed by atoms with Gasteiger partial charge in [-0.2, -0.15) is 0 Å². The Morgan fingerprint density at radius 1 is 1.12 bits per heavy atom. The molecule has 0 bridgehead atoms. The van der Waals surface area contributed by atoms with Gasteiger partial charge in [-0.25, -0.2) is 9.78 Å². The number of imidazole rings is 1. The minimum Gasteiger partial charge on any atom is -0.461 e. The Kier molecular flexibility index (Phi) is 5.81. The second kappa shape index (κ2) is 8.45. The quantitative estimate of drug-likeness (QED) is 0.663. The van der Waals surface area contributed by atoms with Gasteiger partial charge in [-0.15, -0.1) is 0 Å². The van der Waals surface area contributed by atoms with Crippen LogP contribution < -0.4 is 0 Å². The van der Waals surface area contributed by atoms with Crippen LogP contribution in [-0.4, -0.2) is 33.8 Å². The van der Waals surface area contributed by atoms with Crippen LogP contribution in [-0.2, 0) is 11.2 Å². The number of hydrogen-bond acceptors (Lipinski definition) is 4. The van der Waals surface area contributed by atoms with Gasteiger partial charge in [-0.05, 0) is 18.9 Å². The molecule has 134 valence electrons. The number of aromatic nitrogens is 2. The van der Waals surface area contributed by atoms with E-state index in [1.165, 1.54) is 0 Å². The highest BCUT2D eigenvalue weighted by molar-refractivity contribution is 5.94. The number of esters is 1. The predicted octanol–water partition coefficient (Wildman–Crippen LogP) is 3.50. The van der Waals surface area contributed by atoms with Gasteiger partial charge in [0.1, 0.15) is 0 Å². The minimum atomic E-state index is -0.457. The van der Waals surface area contributed by atoms with Gasteiger partial charge in [0.25, 0.3) is 0 Å². The van der Waals surface area contributed by atoms with Gasteiger partial charge in [0, 0.05) is 5.56 Å². The SMILES string of the molecule is CCOC(=O)c1ncn([C@@H](CO)Cc2ccccc2)c1-c1ccccc1. The van der Waals surface area contributed by atoms with E-state index in [1.807, 2.05) is 65.2 Å². The largest absolute Gasteiger partial charge is 0.461 e. The van der Waals surface area contributed by atoms with E-state index in [2.05, 4.69) is 4.98 Å². The third kappa shape index (κ3) is 3.83. The van der Waals surface area contributed by atoms with Crippen molar-refractivity contribution in [3.63, 3.8) is 0 Å². The molecule has 0 aliphatic carbocycles. The van der Waals surface area contributed by atoms with Crippen LogP contribution in [0.5, 0.6) is 0 Å². The number of ether oxygens (including phenoxy) is 1. The number of aliphatic hydroxyl groups is 1. The van der Waals surface area contributed by atoms with E-state index in [-0.39, 0.29) is 24.9 Å². The molecule has 0 saturated carbocycles. The molecular weight excluding hydrogens is 328 g/mol. The van der Waals surface area contributed by atoms with Crippen molar-refractivity contribution in [1.82, 2.24) is 9.55 Å². The molecule has 0 fully saturated rings. The van der Waals surface area contributed by atoms with E-state index >= 15 is 0 Å². The molecule has 0 amide bonds. The third-order valence-corrected chi connectivity index (χ3v) is 4.23. The summed E-state index contributed by atoms with van der Waals surface area (Å²) in [6, 6.07) is 19.3. The Morgan fingerprint density at radius 3 is 2.38 bits per heavy atom. The van der Waals surface area contributed by atoms with E-state index in [0.717, 1.165) is 11.1 Å². The summed E-state index contributed by atoms with van der Waals surface area (Å²) in [4.78, 5) is 16.7. The van der Waals surface area contributed by atoms with Gasteiger partial charge in [-0.1, -0.05) is 60.7 Å². The number of aliphatic hydroxyl groups excluding tert-OH is 1. The standard InChI is InChI=1S/C21H22N2O3/c1-2-26-21(25)19-20(17-11-7-4-8-12-17)23(15-22-19)18(14-24)13-16-9-5-3-6-10-16/h3-12,15,18,24H,2,13-14H2,1H3/t18-/m1/s1. The molecule has 1 heterocycles. The highest BCUT2D eigenvalue weighted by atomic mass is 16.5. The van der Waals surface area contributed by atoms with Crippen LogP contribution in [0.15, 0.2) is 67.0 Å². The maximum absolute atomic E-state index is 12.4. The Morgan fingerprint density at radius 2 is 1.77 bits per heavy atom. The van der Waals surface area contributed by atoms with Crippen molar-refractivity contribution >= 4 is 5.97 Å². The zero-order valence-electron chi connectivity index (χ0n) is 14.7. The van der Waals surface area contributed by atoms with Crippen molar-refractivity contribution < 1.29 is 14.6 Å². The highest BCUT2D eigenvalue weighted by Gasteiger charge is 2.24. The lowest BCUT2D eigenvalue weighted by Crippen LogP contribution is -2.17. The molecule has 1 N–H and O–H groups in total. The second-order valence-corrected chi connectivity index (χ2v) is 5.96. The normalized spacial score (nSPS) is 11.9. The van der Waals surface area contributed by atoms with Crippen LogP contribution in [0.25, 0.3) is 11.3 Å². The molecular formula is C21H22N2O3. The highest BCUT2D eigenvalue weighted by Crippen LogP contribution is 2.28. The zero-order valence-corrected chi connectivity index (χ0v) is 14.7. The molecule has 26 heavy (non-hydrogen) atoms. The van der Waals surface area contributed by atoms with Crippen LogP contribution in [0.3, 0.4) is 0 Å². The first-order chi connectivity index (χ1) is 12.7. The average Bonchev–Trinajstić information content (AvgIpc) is 3.13. The van der Waals surface area contributed by atoms with Crippen molar-refractivity contribution in [2.24, 2.45) is 0 Å².